The van der Waals surface area contributed by atoms with Crippen molar-refractivity contribution in [3.05, 3.63) is 66.0 Å². The minimum absolute atomic E-state index is 0.0969. The van der Waals surface area contributed by atoms with Crippen molar-refractivity contribution in [2.45, 2.75) is 6.54 Å². The van der Waals surface area contributed by atoms with Crippen LogP contribution < -0.4 is 5.73 Å². The van der Waals surface area contributed by atoms with Crippen LogP contribution >= 0.6 is 0 Å². The van der Waals surface area contributed by atoms with Gasteiger partial charge < -0.3 is 10.3 Å². The summed E-state index contributed by atoms with van der Waals surface area (Å²) >= 11 is 0. The molecule has 3 aromatic rings. The second kappa shape index (κ2) is 4.57. The normalized spacial score (nSPS) is 10.7. The predicted molar refractivity (Wildman–Crippen MR) is 76.3 cm³/mol. The van der Waals surface area contributed by atoms with E-state index in [9.17, 15) is 0 Å². The van der Waals surface area contributed by atoms with Gasteiger partial charge in [-0.15, -0.1) is 0 Å². The molecule has 4 nitrogen and oxygen atoms in total. The Morgan fingerprint density at radius 2 is 1.84 bits per heavy atom. The van der Waals surface area contributed by atoms with Crippen LogP contribution in [0.15, 0.2) is 54.9 Å². The van der Waals surface area contributed by atoms with Crippen LogP contribution in [0.2, 0.25) is 0 Å². The van der Waals surface area contributed by atoms with E-state index in [0.29, 0.717) is 0 Å². The molecule has 19 heavy (non-hydrogen) atoms. The molecule has 0 spiro atoms. The van der Waals surface area contributed by atoms with Gasteiger partial charge in [-0.2, -0.15) is 0 Å². The van der Waals surface area contributed by atoms with Crippen molar-refractivity contribution < 1.29 is 0 Å². The molecular formula is C15H14N4. The highest BCUT2D eigenvalue weighted by atomic mass is 15.0. The van der Waals surface area contributed by atoms with Gasteiger partial charge in [0.2, 0.25) is 0 Å². The Balaban J connectivity index is 1.90. The Morgan fingerprint density at radius 1 is 1.11 bits per heavy atom. The van der Waals surface area contributed by atoms with Gasteiger partial charge in [-0.05, 0) is 17.7 Å². The number of nitrogens with one attached hydrogen (secondary N) is 1. The minimum atomic E-state index is 0.0969. The van der Waals surface area contributed by atoms with E-state index < -0.39 is 0 Å². The van der Waals surface area contributed by atoms with E-state index in [1.807, 2.05) is 48.8 Å². The third-order valence-corrected chi connectivity index (χ3v) is 3.15. The van der Waals surface area contributed by atoms with Crippen molar-refractivity contribution in [2.75, 3.05) is 0 Å². The molecule has 0 saturated heterocycles. The van der Waals surface area contributed by atoms with Crippen molar-refractivity contribution in [1.29, 1.82) is 5.41 Å². The Hall–Kier alpha value is -2.62. The van der Waals surface area contributed by atoms with Crippen LogP contribution in [0, 0.1) is 5.41 Å². The SMILES string of the molecule is N=C(N)c1ccc(Cn2cnc3ccccc32)cc1. The second-order valence-electron chi connectivity index (χ2n) is 4.47. The molecule has 0 bridgehead atoms. The molecule has 4 heteroatoms. The van der Waals surface area contributed by atoms with E-state index in [1.54, 1.807) is 0 Å². The number of nitrogen functional groups attached to an aromatic ring is 1. The van der Waals surface area contributed by atoms with Gasteiger partial charge in [0.1, 0.15) is 5.84 Å². The van der Waals surface area contributed by atoms with Crippen molar-refractivity contribution in [3.8, 4) is 0 Å². The van der Waals surface area contributed by atoms with Crippen LogP contribution in [0.4, 0.5) is 0 Å². The zero-order chi connectivity index (χ0) is 13.2. The number of amidine groups is 1. The van der Waals surface area contributed by atoms with Gasteiger partial charge in [0.15, 0.2) is 0 Å². The molecule has 94 valence electrons. The molecule has 1 aromatic heterocycles. The molecule has 0 atom stereocenters. The summed E-state index contributed by atoms with van der Waals surface area (Å²) in [5, 5.41) is 7.37. The van der Waals surface area contributed by atoms with Crippen LogP contribution in [0.3, 0.4) is 0 Å². The summed E-state index contributed by atoms with van der Waals surface area (Å²) in [4.78, 5) is 4.37. The summed E-state index contributed by atoms with van der Waals surface area (Å²) in [6.45, 7) is 0.763. The minimum Gasteiger partial charge on any atom is -0.384 e. The maximum atomic E-state index is 7.37. The Morgan fingerprint density at radius 3 is 2.58 bits per heavy atom. The maximum absolute atomic E-state index is 7.37. The standard InChI is InChI=1S/C15H14N4/c16-15(17)12-7-5-11(6-8-12)9-19-10-18-13-3-1-2-4-14(13)19/h1-8,10H,9H2,(H3,16,17). The molecule has 0 radical (unpaired) electrons. The number of imidazole rings is 1. The quantitative estimate of drug-likeness (QED) is 0.553. The first-order valence-electron chi connectivity index (χ1n) is 6.07. The highest BCUT2D eigenvalue weighted by molar-refractivity contribution is 5.94. The Bertz CT molecular complexity index is 725. The highest BCUT2D eigenvalue weighted by Crippen LogP contribution is 2.14. The number of fused-ring (bicyclic) bond motifs is 1. The number of hydrogen-bond donors (Lipinski definition) is 2. The lowest BCUT2D eigenvalue weighted by atomic mass is 10.1. The number of hydrogen-bond acceptors (Lipinski definition) is 2. The van der Waals surface area contributed by atoms with E-state index in [0.717, 1.165) is 28.7 Å². The Kier molecular flexibility index (Phi) is 2.76. The molecule has 0 aliphatic carbocycles. The summed E-state index contributed by atoms with van der Waals surface area (Å²) < 4.78 is 2.11. The molecule has 0 saturated carbocycles. The smallest absolute Gasteiger partial charge is 0.122 e. The van der Waals surface area contributed by atoms with E-state index in [4.69, 9.17) is 11.1 Å². The van der Waals surface area contributed by atoms with Gasteiger partial charge in [0.05, 0.1) is 17.4 Å². The average Bonchev–Trinajstić information content (AvgIpc) is 2.83. The van der Waals surface area contributed by atoms with Gasteiger partial charge in [0.25, 0.3) is 0 Å². The molecule has 1 heterocycles. The molecule has 0 amide bonds. The topological polar surface area (TPSA) is 67.7 Å². The third kappa shape index (κ3) is 2.20. The fraction of sp³-hybridized carbons (Fsp3) is 0.0667. The molecule has 3 rings (SSSR count). The van der Waals surface area contributed by atoms with E-state index in [-0.39, 0.29) is 5.84 Å². The summed E-state index contributed by atoms with van der Waals surface area (Å²) in [6, 6.07) is 15.8. The van der Waals surface area contributed by atoms with Gasteiger partial charge in [-0.25, -0.2) is 4.98 Å². The summed E-state index contributed by atoms with van der Waals surface area (Å²) in [5.74, 6) is 0.0969. The second-order valence-corrected chi connectivity index (χ2v) is 4.47. The van der Waals surface area contributed by atoms with Crippen LogP contribution in [-0.2, 0) is 6.54 Å². The van der Waals surface area contributed by atoms with Crippen LogP contribution in [0.25, 0.3) is 11.0 Å². The van der Waals surface area contributed by atoms with E-state index in [2.05, 4.69) is 15.6 Å². The molecule has 0 unspecified atom stereocenters. The summed E-state index contributed by atoms with van der Waals surface area (Å²) in [5.41, 5.74) is 9.48. The van der Waals surface area contributed by atoms with Gasteiger partial charge >= 0.3 is 0 Å². The zero-order valence-electron chi connectivity index (χ0n) is 10.4. The lowest BCUT2D eigenvalue weighted by molar-refractivity contribution is 0.824. The summed E-state index contributed by atoms with van der Waals surface area (Å²) in [6.07, 6.45) is 1.85. The number of nitrogens with zero attached hydrogens (tertiary/aromatic N) is 2. The van der Waals surface area contributed by atoms with Gasteiger partial charge in [-0.3, -0.25) is 5.41 Å². The van der Waals surface area contributed by atoms with E-state index in [1.165, 1.54) is 0 Å². The lowest BCUT2D eigenvalue weighted by Gasteiger charge is -2.05. The molecule has 0 fully saturated rings. The average molecular weight is 250 g/mol. The summed E-state index contributed by atoms with van der Waals surface area (Å²) in [7, 11) is 0. The van der Waals surface area contributed by atoms with Crippen molar-refractivity contribution in [1.82, 2.24) is 9.55 Å². The highest BCUT2D eigenvalue weighted by Gasteiger charge is 2.02. The molecule has 2 aromatic carbocycles. The molecular weight excluding hydrogens is 236 g/mol. The van der Waals surface area contributed by atoms with E-state index >= 15 is 0 Å². The van der Waals surface area contributed by atoms with Crippen molar-refractivity contribution >= 4 is 16.9 Å². The first-order chi connectivity index (χ1) is 9.24. The zero-order valence-corrected chi connectivity index (χ0v) is 10.4. The first-order valence-corrected chi connectivity index (χ1v) is 6.07. The van der Waals surface area contributed by atoms with Crippen LogP contribution in [-0.4, -0.2) is 15.4 Å². The maximum Gasteiger partial charge on any atom is 0.122 e. The number of aromatic nitrogens is 2. The first kappa shape index (κ1) is 11.5. The monoisotopic (exact) mass is 250 g/mol. The number of nitrogens with two attached hydrogens (primary N) is 1. The third-order valence-electron chi connectivity index (χ3n) is 3.15. The number of rotatable bonds is 3. The fourth-order valence-electron chi connectivity index (χ4n) is 2.12. The van der Waals surface area contributed by atoms with Gasteiger partial charge in [-0.1, -0.05) is 36.4 Å². The predicted octanol–water partition coefficient (Wildman–Crippen LogP) is 2.37. The molecule has 3 N–H and O–H groups in total. The van der Waals surface area contributed by atoms with Gasteiger partial charge in [0, 0.05) is 12.1 Å². The van der Waals surface area contributed by atoms with Crippen LogP contribution in [0.1, 0.15) is 11.1 Å². The number of benzene rings is 2. The lowest BCUT2D eigenvalue weighted by Crippen LogP contribution is -2.10. The van der Waals surface area contributed by atoms with Crippen molar-refractivity contribution in [2.24, 2.45) is 5.73 Å². The Labute approximate surface area is 111 Å². The number of para-hydroxylation sites is 2. The largest absolute Gasteiger partial charge is 0.384 e. The molecule has 0 aliphatic rings. The van der Waals surface area contributed by atoms with Crippen LogP contribution in [0.5, 0.6) is 0 Å². The van der Waals surface area contributed by atoms with Crippen molar-refractivity contribution in [3.63, 3.8) is 0 Å². The fourth-order valence-corrected chi connectivity index (χ4v) is 2.12. The molecule has 0 aliphatic heterocycles.